The van der Waals surface area contributed by atoms with Gasteiger partial charge in [-0.25, -0.2) is 4.98 Å². The number of fused-ring (bicyclic) bond motifs is 1. The highest BCUT2D eigenvalue weighted by atomic mass is 35.5. The average Bonchev–Trinajstić information content (AvgIpc) is 2.63. The lowest BCUT2D eigenvalue weighted by molar-refractivity contribution is -0.142. The third-order valence-corrected chi connectivity index (χ3v) is 4.16. The van der Waals surface area contributed by atoms with E-state index in [9.17, 15) is 9.59 Å². The largest absolute Gasteiger partial charge is 0.468 e. The predicted molar refractivity (Wildman–Crippen MR) is 99.0 cm³/mol. The van der Waals surface area contributed by atoms with Gasteiger partial charge in [-0.2, -0.15) is 0 Å². The number of hydrogen-bond donors (Lipinski definition) is 0. The van der Waals surface area contributed by atoms with Crippen LogP contribution in [0.1, 0.15) is 11.3 Å². The van der Waals surface area contributed by atoms with E-state index in [0.717, 1.165) is 5.56 Å². The standard InChI is InChI=1S/C19H18ClN3O3/c1-26-19(25)13-22(11-14-5-7-15(20)8-6-14)12-16-10-18(24)23-9-3-2-4-17(23)21-16/h2-10H,11-13H2,1H3. The molecule has 0 aliphatic carbocycles. The van der Waals surface area contributed by atoms with Crippen LogP contribution in [-0.4, -0.2) is 33.9 Å². The van der Waals surface area contributed by atoms with E-state index in [-0.39, 0.29) is 18.1 Å². The molecule has 0 saturated heterocycles. The molecule has 7 heteroatoms. The third kappa shape index (κ3) is 4.47. The van der Waals surface area contributed by atoms with Crippen molar-refractivity contribution in [2.24, 2.45) is 0 Å². The number of aromatic nitrogens is 2. The molecule has 0 N–H and O–H groups in total. The molecular weight excluding hydrogens is 354 g/mol. The number of pyridine rings is 1. The van der Waals surface area contributed by atoms with Crippen LogP contribution in [0.5, 0.6) is 0 Å². The van der Waals surface area contributed by atoms with Crippen LogP contribution in [-0.2, 0) is 22.6 Å². The maximum atomic E-state index is 12.3. The van der Waals surface area contributed by atoms with Crippen molar-refractivity contribution in [1.29, 1.82) is 0 Å². The summed E-state index contributed by atoms with van der Waals surface area (Å²) in [5.74, 6) is -0.350. The fraction of sp³-hybridized carbons (Fsp3) is 0.211. The lowest BCUT2D eigenvalue weighted by atomic mass is 10.2. The van der Waals surface area contributed by atoms with Gasteiger partial charge in [-0.15, -0.1) is 0 Å². The molecule has 0 fully saturated rings. The zero-order valence-electron chi connectivity index (χ0n) is 14.3. The molecule has 26 heavy (non-hydrogen) atoms. The van der Waals surface area contributed by atoms with E-state index in [4.69, 9.17) is 16.3 Å². The summed E-state index contributed by atoms with van der Waals surface area (Å²) >= 11 is 5.92. The number of carbonyl (C=O) groups excluding carboxylic acids is 1. The van der Waals surface area contributed by atoms with Crippen LogP contribution >= 0.6 is 11.6 Å². The molecule has 134 valence electrons. The molecule has 2 aromatic heterocycles. The summed E-state index contributed by atoms with van der Waals surface area (Å²) in [5.41, 5.74) is 2.00. The summed E-state index contributed by atoms with van der Waals surface area (Å²) in [6.07, 6.45) is 1.67. The van der Waals surface area contributed by atoms with Gasteiger partial charge in [0.25, 0.3) is 5.56 Å². The molecule has 0 atom stereocenters. The maximum Gasteiger partial charge on any atom is 0.319 e. The quantitative estimate of drug-likeness (QED) is 0.623. The Bertz CT molecular complexity index is 970. The van der Waals surface area contributed by atoms with Crippen LogP contribution in [0.4, 0.5) is 0 Å². The van der Waals surface area contributed by atoms with Crippen LogP contribution in [0.25, 0.3) is 5.65 Å². The summed E-state index contributed by atoms with van der Waals surface area (Å²) in [7, 11) is 1.35. The van der Waals surface area contributed by atoms with E-state index < -0.39 is 0 Å². The normalized spacial score (nSPS) is 11.0. The number of carbonyl (C=O) groups is 1. The second-order valence-electron chi connectivity index (χ2n) is 5.86. The van der Waals surface area contributed by atoms with Crippen LogP contribution in [0.3, 0.4) is 0 Å². The van der Waals surface area contributed by atoms with Crippen molar-refractivity contribution in [3.63, 3.8) is 0 Å². The molecule has 1 aromatic carbocycles. The first-order valence-corrected chi connectivity index (χ1v) is 8.44. The highest BCUT2D eigenvalue weighted by Crippen LogP contribution is 2.13. The number of hydrogen-bond acceptors (Lipinski definition) is 5. The topological polar surface area (TPSA) is 63.9 Å². The molecule has 0 spiro atoms. The van der Waals surface area contributed by atoms with E-state index >= 15 is 0 Å². The van der Waals surface area contributed by atoms with Crippen molar-refractivity contribution in [1.82, 2.24) is 14.3 Å². The van der Waals surface area contributed by atoms with Gasteiger partial charge in [0.1, 0.15) is 5.65 Å². The summed E-state index contributed by atoms with van der Waals surface area (Å²) < 4.78 is 6.26. The molecule has 6 nitrogen and oxygen atoms in total. The van der Waals surface area contributed by atoms with Gasteiger partial charge in [-0.3, -0.25) is 18.9 Å². The Morgan fingerprint density at radius 2 is 1.96 bits per heavy atom. The number of rotatable bonds is 6. The van der Waals surface area contributed by atoms with E-state index in [1.807, 2.05) is 23.1 Å². The molecule has 3 aromatic rings. The monoisotopic (exact) mass is 371 g/mol. The molecule has 0 saturated carbocycles. The minimum atomic E-state index is -0.350. The lowest BCUT2D eigenvalue weighted by Crippen LogP contribution is -2.31. The maximum absolute atomic E-state index is 12.3. The second kappa shape index (κ2) is 8.12. The van der Waals surface area contributed by atoms with Gasteiger partial charge in [-0.05, 0) is 29.8 Å². The van der Waals surface area contributed by atoms with Crippen molar-refractivity contribution < 1.29 is 9.53 Å². The van der Waals surface area contributed by atoms with Gasteiger partial charge >= 0.3 is 5.97 Å². The lowest BCUT2D eigenvalue weighted by Gasteiger charge is -2.21. The smallest absolute Gasteiger partial charge is 0.319 e. The molecule has 0 radical (unpaired) electrons. The SMILES string of the molecule is COC(=O)CN(Cc1ccc(Cl)cc1)Cc1cc(=O)n2ccccc2n1. The number of esters is 1. The predicted octanol–water partition coefficient (Wildman–Crippen LogP) is 2.52. The zero-order valence-corrected chi connectivity index (χ0v) is 15.0. The van der Waals surface area contributed by atoms with Crippen LogP contribution < -0.4 is 5.56 Å². The first kappa shape index (κ1) is 18.1. The first-order valence-electron chi connectivity index (χ1n) is 8.06. The molecule has 0 aliphatic rings. The van der Waals surface area contributed by atoms with Crippen molar-refractivity contribution in [2.45, 2.75) is 13.1 Å². The highest BCUT2D eigenvalue weighted by molar-refractivity contribution is 6.30. The summed E-state index contributed by atoms with van der Waals surface area (Å²) in [6, 6.07) is 14.3. The van der Waals surface area contributed by atoms with Crippen molar-refractivity contribution in [3.05, 3.63) is 81.4 Å². The van der Waals surface area contributed by atoms with Gasteiger partial charge in [0.2, 0.25) is 0 Å². The fourth-order valence-corrected chi connectivity index (χ4v) is 2.80. The Kier molecular flexibility index (Phi) is 5.65. The van der Waals surface area contributed by atoms with Crippen molar-refractivity contribution >= 4 is 23.2 Å². The van der Waals surface area contributed by atoms with Gasteiger partial charge in [-0.1, -0.05) is 29.8 Å². The Labute approximate surface area is 155 Å². The number of halogens is 1. The van der Waals surface area contributed by atoms with E-state index in [2.05, 4.69) is 4.98 Å². The summed E-state index contributed by atoms with van der Waals surface area (Å²) in [6.45, 7) is 0.940. The Balaban J connectivity index is 1.86. The average molecular weight is 372 g/mol. The first-order chi connectivity index (χ1) is 12.5. The Morgan fingerprint density at radius 3 is 2.69 bits per heavy atom. The third-order valence-electron chi connectivity index (χ3n) is 3.91. The van der Waals surface area contributed by atoms with Crippen LogP contribution in [0.15, 0.2) is 59.5 Å². The molecule has 0 unspecified atom stereocenters. The molecular formula is C19H18ClN3O3. The van der Waals surface area contributed by atoms with Crippen LogP contribution in [0, 0.1) is 0 Å². The number of benzene rings is 1. The van der Waals surface area contributed by atoms with Gasteiger partial charge in [0, 0.05) is 30.4 Å². The second-order valence-corrected chi connectivity index (χ2v) is 6.30. The van der Waals surface area contributed by atoms with E-state index in [0.29, 0.717) is 29.5 Å². The number of ether oxygens (including phenoxy) is 1. The van der Waals surface area contributed by atoms with Gasteiger partial charge in [0.05, 0.1) is 19.3 Å². The van der Waals surface area contributed by atoms with Gasteiger partial charge in [0.15, 0.2) is 0 Å². The minimum Gasteiger partial charge on any atom is -0.468 e. The Morgan fingerprint density at radius 1 is 1.19 bits per heavy atom. The van der Waals surface area contributed by atoms with E-state index in [1.165, 1.54) is 17.6 Å². The van der Waals surface area contributed by atoms with Crippen molar-refractivity contribution in [2.75, 3.05) is 13.7 Å². The molecule has 3 rings (SSSR count). The van der Waals surface area contributed by atoms with Gasteiger partial charge < -0.3 is 4.74 Å². The van der Waals surface area contributed by atoms with Crippen LogP contribution in [0.2, 0.25) is 5.02 Å². The number of methoxy groups -OCH3 is 1. The van der Waals surface area contributed by atoms with Crippen molar-refractivity contribution in [3.8, 4) is 0 Å². The molecule has 0 amide bonds. The number of nitrogens with zero attached hydrogens (tertiary/aromatic N) is 3. The highest BCUT2D eigenvalue weighted by Gasteiger charge is 2.14. The van der Waals surface area contributed by atoms with E-state index in [1.54, 1.807) is 30.5 Å². The zero-order chi connectivity index (χ0) is 18.5. The fourth-order valence-electron chi connectivity index (χ4n) is 2.68. The molecule has 0 bridgehead atoms. The summed E-state index contributed by atoms with van der Waals surface area (Å²) in [4.78, 5) is 30.4. The summed E-state index contributed by atoms with van der Waals surface area (Å²) in [5, 5.41) is 0.650. The Hall–Kier alpha value is -2.70. The molecule has 2 heterocycles. The molecule has 0 aliphatic heterocycles. The minimum absolute atomic E-state index is 0.0922.